The van der Waals surface area contributed by atoms with Crippen molar-refractivity contribution in [2.24, 2.45) is 0 Å². The summed E-state index contributed by atoms with van der Waals surface area (Å²) >= 11 is 0. The molecule has 0 spiro atoms. The van der Waals surface area contributed by atoms with Crippen LogP contribution in [0.1, 0.15) is 18.9 Å². The lowest BCUT2D eigenvalue weighted by atomic mass is 10.1. The number of allylic oxidation sites excluding steroid dienone is 1. The predicted octanol–water partition coefficient (Wildman–Crippen LogP) is 1.79. The Bertz CT molecular complexity index is 739. The molecule has 0 bridgehead atoms. The van der Waals surface area contributed by atoms with Crippen LogP contribution in [0.25, 0.3) is 10.8 Å². The number of rotatable bonds is 5. The maximum Gasteiger partial charge on any atom is 0.278 e. The Hall–Kier alpha value is -2.50. The molecule has 1 unspecified atom stereocenters. The fraction of sp³-hybridized carbons (Fsp3) is 0.267. The van der Waals surface area contributed by atoms with E-state index in [9.17, 15) is 14.0 Å². The highest BCUT2D eigenvalue weighted by Gasteiger charge is 2.22. The molecule has 0 aliphatic carbocycles. The highest BCUT2D eigenvalue weighted by atomic mass is 19.1. The molecule has 1 heterocycles. The fourth-order valence-electron chi connectivity index (χ4n) is 2.19. The van der Waals surface area contributed by atoms with Gasteiger partial charge >= 0.3 is 0 Å². The summed E-state index contributed by atoms with van der Waals surface area (Å²) in [5.74, 6) is -0.963. The molecule has 110 valence electrons. The molecule has 21 heavy (non-hydrogen) atoms. The van der Waals surface area contributed by atoms with Gasteiger partial charge in [-0.05, 0) is 18.9 Å². The van der Waals surface area contributed by atoms with E-state index in [0.717, 1.165) is 4.68 Å². The van der Waals surface area contributed by atoms with Crippen molar-refractivity contribution in [2.75, 3.05) is 7.05 Å². The lowest BCUT2D eigenvalue weighted by Crippen LogP contribution is -2.37. The molecule has 0 saturated carbocycles. The first-order chi connectivity index (χ1) is 10.1. The second-order valence-corrected chi connectivity index (χ2v) is 4.59. The number of hydrogen-bond acceptors (Lipinski definition) is 3. The number of carbonyl (C=O) groups excluding carboxylic acids is 1. The minimum atomic E-state index is -0.787. The first-order valence-corrected chi connectivity index (χ1v) is 6.58. The van der Waals surface area contributed by atoms with Crippen molar-refractivity contribution in [3.05, 3.63) is 53.2 Å². The third-order valence-electron chi connectivity index (χ3n) is 3.28. The maximum absolute atomic E-state index is 13.9. The van der Waals surface area contributed by atoms with Crippen molar-refractivity contribution in [3.63, 3.8) is 0 Å². The third-order valence-corrected chi connectivity index (χ3v) is 3.28. The molecular weight excluding hydrogens is 273 g/mol. The second kappa shape index (κ2) is 6.30. The van der Waals surface area contributed by atoms with Crippen molar-refractivity contribution in [1.29, 1.82) is 0 Å². The van der Waals surface area contributed by atoms with Gasteiger partial charge in [0.1, 0.15) is 11.9 Å². The van der Waals surface area contributed by atoms with E-state index in [1.165, 1.54) is 25.4 Å². The zero-order valence-electron chi connectivity index (χ0n) is 11.7. The molecule has 1 atom stereocenters. The monoisotopic (exact) mass is 289 g/mol. The van der Waals surface area contributed by atoms with Crippen molar-refractivity contribution in [1.82, 2.24) is 15.1 Å². The van der Waals surface area contributed by atoms with Gasteiger partial charge in [0, 0.05) is 12.4 Å². The summed E-state index contributed by atoms with van der Waals surface area (Å²) < 4.78 is 14.9. The second-order valence-electron chi connectivity index (χ2n) is 4.59. The average molecular weight is 289 g/mol. The van der Waals surface area contributed by atoms with E-state index in [4.69, 9.17) is 0 Å². The smallest absolute Gasteiger partial charge is 0.278 e. The summed E-state index contributed by atoms with van der Waals surface area (Å²) in [5, 5.41) is 6.86. The van der Waals surface area contributed by atoms with Crippen LogP contribution in [0, 0.1) is 5.82 Å². The third kappa shape index (κ3) is 2.84. The van der Waals surface area contributed by atoms with Gasteiger partial charge in [-0.2, -0.15) is 5.10 Å². The molecule has 1 amide bonds. The summed E-state index contributed by atoms with van der Waals surface area (Å²) in [6.07, 6.45) is 3.96. The first-order valence-electron chi connectivity index (χ1n) is 6.58. The number of aromatic nitrogens is 2. The largest absolute Gasteiger partial charge is 0.357 e. The van der Waals surface area contributed by atoms with Crippen LogP contribution in [0.3, 0.4) is 0 Å². The number of fused-ring (bicyclic) bond motifs is 1. The summed E-state index contributed by atoms with van der Waals surface area (Å²) in [6, 6.07) is 3.55. The van der Waals surface area contributed by atoms with E-state index in [1.54, 1.807) is 12.1 Å². The van der Waals surface area contributed by atoms with Crippen molar-refractivity contribution < 1.29 is 9.18 Å². The number of nitrogens with zero attached hydrogens (tertiary/aromatic N) is 2. The van der Waals surface area contributed by atoms with Crippen LogP contribution < -0.4 is 10.9 Å². The minimum Gasteiger partial charge on any atom is -0.357 e. The Labute approximate surface area is 121 Å². The molecule has 2 aromatic rings. The predicted molar refractivity (Wildman–Crippen MR) is 78.5 cm³/mol. The molecule has 1 aromatic heterocycles. The van der Waals surface area contributed by atoms with Crippen LogP contribution >= 0.6 is 0 Å². The topological polar surface area (TPSA) is 64.0 Å². The molecule has 0 saturated heterocycles. The Morgan fingerprint density at radius 2 is 2.33 bits per heavy atom. The quantitative estimate of drug-likeness (QED) is 0.853. The molecule has 0 fully saturated rings. The van der Waals surface area contributed by atoms with E-state index >= 15 is 0 Å². The minimum absolute atomic E-state index is 0.0555. The molecule has 0 radical (unpaired) electrons. The molecule has 1 aromatic carbocycles. The van der Waals surface area contributed by atoms with Gasteiger partial charge < -0.3 is 5.32 Å². The van der Waals surface area contributed by atoms with Crippen LogP contribution in [0.5, 0.6) is 0 Å². The van der Waals surface area contributed by atoms with Gasteiger partial charge in [0.05, 0.1) is 11.6 Å². The zero-order valence-corrected chi connectivity index (χ0v) is 11.7. The lowest BCUT2D eigenvalue weighted by Gasteiger charge is -2.16. The van der Waals surface area contributed by atoms with Crippen LogP contribution in [0.2, 0.25) is 0 Å². The number of hydrogen-bond donors (Lipinski definition) is 1. The molecule has 0 aliphatic rings. The SMILES string of the molecule is C=CCCC(C(=O)NC)n1ncc2cccc(F)c2c1=O. The van der Waals surface area contributed by atoms with Gasteiger partial charge in [-0.25, -0.2) is 9.07 Å². The normalized spacial score (nSPS) is 12.1. The molecule has 5 nitrogen and oxygen atoms in total. The molecular formula is C15H16FN3O2. The first kappa shape index (κ1) is 14.9. The summed E-state index contributed by atoms with van der Waals surface area (Å²) in [5.41, 5.74) is -0.608. The summed E-state index contributed by atoms with van der Waals surface area (Å²) in [7, 11) is 1.48. The fourth-order valence-corrected chi connectivity index (χ4v) is 2.19. The van der Waals surface area contributed by atoms with Crippen molar-refractivity contribution >= 4 is 16.7 Å². The van der Waals surface area contributed by atoms with Crippen LogP contribution in [-0.2, 0) is 4.79 Å². The van der Waals surface area contributed by atoms with E-state index in [1.807, 2.05) is 0 Å². The maximum atomic E-state index is 13.9. The van der Waals surface area contributed by atoms with Gasteiger partial charge in [0.15, 0.2) is 0 Å². The highest BCUT2D eigenvalue weighted by molar-refractivity contribution is 5.83. The van der Waals surface area contributed by atoms with E-state index in [0.29, 0.717) is 18.2 Å². The number of nitrogens with one attached hydrogen (secondary N) is 1. The van der Waals surface area contributed by atoms with Crippen molar-refractivity contribution in [3.8, 4) is 0 Å². The van der Waals surface area contributed by atoms with E-state index < -0.39 is 17.4 Å². The Morgan fingerprint density at radius 1 is 1.57 bits per heavy atom. The van der Waals surface area contributed by atoms with Crippen LogP contribution in [0.15, 0.2) is 41.8 Å². The molecule has 2 rings (SSSR count). The van der Waals surface area contributed by atoms with Gasteiger partial charge in [-0.15, -0.1) is 6.58 Å². The molecule has 1 N–H and O–H groups in total. The summed E-state index contributed by atoms with van der Waals surface area (Å²) in [4.78, 5) is 24.4. The Kier molecular flexibility index (Phi) is 4.47. The number of carbonyl (C=O) groups is 1. The Morgan fingerprint density at radius 3 is 3.00 bits per heavy atom. The average Bonchev–Trinajstić information content (AvgIpc) is 2.49. The number of likely N-dealkylation sites (N-methyl/N-ethyl adjacent to an activating group) is 1. The van der Waals surface area contributed by atoms with Gasteiger partial charge in [-0.3, -0.25) is 9.59 Å². The Balaban J connectivity index is 2.60. The van der Waals surface area contributed by atoms with E-state index in [2.05, 4.69) is 17.0 Å². The standard InChI is InChI=1S/C15H16FN3O2/c1-3-4-8-12(14(20)17-2)19-15(21)13-10(9-18-19)6-5-7-11(13)16/h3,5-7,9,12H,1,4,8H2,2H3,(H,17,20). The van der Waals surface area contributed by atoms with Gasteiger partial charge in [0.25, 0.3) is 5.56 Å². The zero-order chi connectivity index (χ0) is 15.4. The molecule has 0 aliphatic heterocycles. The highest BCUT2D eigenvalue weighted by Crippen LogP contribution is 2.16. The van der Waals surface area contributed by atoms with Gasteiger partial charge in [0.2, 0.25) is 5.91 Å². The van der Waals surface area contributed by atoms with Gasteiger partial charge in [-0.1, -0.05) is 18.2 Å². The number of halogens is 1. The lowest BCUT2D eigenvalue weighted by molar-refractivity contribution is -0.124. The van der Waals surface area contributed by atoms with Crippen LogP contribution in [-0.4, -0.2) is 22.7 Å². The van der Waals surface area contributed by atoms with E-state index in [-0.39, 0.29) is 11.3 Å². The summed E-state index contributed by atoms with van der Waals surface area (Å²) in [6.45, 7) is 3.60. The number of amides is 1. The number of benzene rings is 1. The van der Waals surface area contributed by atoms with Crippen LogP contribution in [0.4, 0.5) is 4.39 Å². The molecule has 6 heteroatoms. The van der Waals surface area contributed by atoms with Crippen molar-refractivity contribution in [2.45, 2.75) is 18.9 Å².